The Balaban J connectivity index is 0.00000109. The molecule has 3 aromatic carbocycles. The van der Waals surface area contributed by atoms with E-state index >= 15 is 0 Å². The summed E-state index contributed by atoms with van der Waals surface area (Å²) in [5.41, 5.74) is 2.86. The van der Waals surface area contributed by atoms with E-state index in [0.29, 0.717) is 22.7 Å². The molecule has 3 aromatic rings. The van der Waals surface area contributed by atoms with E-state index in [1.54, 1.807) is 23.1 Å². The summed E-state index contributed by atoms with van der Waals surface area (Å²) in [6.45, 7) is 4.38. The first-order chi connectivity index (χ1) is 13.7. The van der Waals surface area contributed by atoms with Crippen LogP contribution in [0.25, 0.3) is 0 Å². The van der Waals surface area contributed by atoms with Crippen LogP contribution in [0.5, 0.6) is 0 Å². The summed E-state index contributed by atoms with van der Waals surface area (Å²) in [4.78, 5) is 28.1. The molecule has 0 aliphatic carbocycles. The second-order valence-electron chi connectivity index (χ2n) is 5.96. The van der Waals surface area contributed by atoms with Crippen LogP contribution in [0.1, 0.15) is 40.1 Å². The Morgan fingerprint density at radius 2 is 1.75 bits per heavy atom. The third kappa shape index (κ3) is 4.13. The molecule has 0 unspecified atom stereocenters. The summed E-state index contributed by atoms with van der Waals surface area (Å²) in [6.07, 6.45) is 0.797. The van der Waals surface area contributed by atoms with Crippen molar-refractivity contribution < 1.29 is 9.59 Å². The van der Waals surface area contributed by atoms with Gasteiger partial charge < -0.3 is 4.90 Å². The van der Waals surface area contributed by atoms with E-state index in [2.05, 4.69) is 0 Å². The Labute approximate surface area is 174 Å². The fourth-order valence-electron chi connectivity index (χ4n) is 2.99. The topological polar surface area (TPSA) is 37.4 Å². The van der Waals surface area contributed by atoms with Crippen LogP contribution in [0.15, 0.2) is 76.5 Å². The molecule has 0 N–H and O–H groups in total. The van der Waals surface area contributed by atoms with Crippen molar-refractivity contribution >= 4 is 41.2 Å². The number of hydrogen-bond acceptors (Lipinski definition) is 3. The number of carbonyl (C=O) groups excluding carboxylic acids is 2. The van der Waals surface area contributed by atoms with Gasteiger partial charge in [-0.2, -0.15) is 0 Å². The minimum Gasteiger partial charge on any atom is -0.303 e. The van der Waals surface area contributed by atoms with E-state index in [0.717, 1.165) is 27.3 Å². The fraction of sp³-hybridized carbons (Fsp3) is 0.130. The molecule has 0 saturated heterocycles. The number of fused-ring (bicyclic) bond motifs is 2. The Bertz CT molecular complexity index is 1020. The summed E-state index contributed by atoms with van der Waals surface area (Å²) in [6, 6.07) is 20.5. The molecule has 1 aliphatic heterocycles. The van der Waals surface area contributed by atoms with Crippen molar-refractivity contribution in [2.24, 2.45) is 0 Å². The number of carbonyl (C=O) groups is 2. The lowest BCUT2D eigenvalue weighted by molar-refractivity contribution is 0.0981. The molecule has 5 heteroatoms. The van der Waals surface area contributed by atoms with Crippen molar-refractivity contribution in [2.45, 2.75) is 30.2 Å². The van der Waals surface area contributed by atoms with Gasteiger partial charge in [-0.15, -0.1) is 0 Å². The highest BCUT2D eigenvalue weighted by Crippen LogP contribution is 2.42. The van der Waals surface area contributed by atoms with Crippen LogP contribution in [0, 0.1) is 0 Å². The molecule has 1 heterocycles. The van der Waals surface area contributed by atoms with Crippen LogP contribution < -0.4 is 4.90 Å². The lowest BCUT2D eigenvalue weighted by Crippen LogP contribution is -2.30. The van der Waals surface area contributed by atoms with Crippen molar-refractivity contribution in [3.05, 3.63) is 88.4 Å². The second kappa shape index (κ2) is 9.09. The van der Waals surface area contributed by atoms with Gasteiger partial charge in [0.1, 0.15) is 6.29 Å². The first-order valence-electron chi connectivity index (χ1n) is 9.08. The summed E-state index contributed by atoms with van der Waals surface area (Å²) in [5.74, 6) is -0.0881. The number of halogens is 1. The van der Waals surface area contributed by atoms with Gasteiger partial charge in [-0.3, -0.25) is 9.59 Å². The second-order valence-corrected chi connectivity index (χ2v) is 7.48. The highest BCUT2D eigenvalue weighted by atomic mass is 35.5. The molecule has 0 radical (unpaired) electrons. The van der Waals surface area contributed by atoms with Gasteiger partial charge in [0, 0.05) is 20.4 Å². The molecule has 3 nitrogen and oxygen atoms in total. The van der Waals surface area contributed by atoms with Gasteiger partial charge in [0.05, 0.1) is 17.8 Å². The lowest BCUT2D eigenvalue weighted by atomic mass is 10.1. The zero-order valence-electron chi connectivity index (χ0n) is 15.7. The van der Waals surface area contributed by atoms with E-state index in [1.807, 2.05) is 62.4 Å². The van der Waals surface area contributed by atoms with Gasteiger partial charge >= 0.3 is 0 Å². The maximum atomic E-state index is 13.3. The van der Waals surface area contributed by atoms with Gasteiger partial charge in [-0.25, -0.2) is 0 Å². The molecule has 142 valence electrons. The molecule has 0 saturated carbocycles. The summed E-state index contributed by atoms with van der Waals surface area (Å²) in [5, 5.41) is 0.626. The van der Waals surface area contributed by atoms with Crippen molar-refractivity contribution in [2.75, 3.05) is 4.90 Å². The molecule has 0 bridgehead atoms. The largest absolute Gasteiger partial charge is 0.303 e. The number of rotatable bonds is 3. The normalized spacial score (nSPS) is 12.2. The van der Waals surface area contributed by atoms with Crippen molar-refractivity contribution in [3.63, 3.8) is 0 Å². The van der Waals surface area contributed by atoms with Gasteiger partial charge in [-0.05, 0) is 42.0 Å². The summed E-state index contributed by atoms with van der Waals surface area (Å²) < 4.78 is 0. The minimum absolute atomic E-state index is 0.0881. The Morgan fingerprint density at radius 1 is 0.964 bits per heavy atom. The Hall–Kier alpha value is -2.56. The molecular weight excluding hydrogens is 390 g/mol. The predicted molar refractivity (Wildman–Crippen MR) is 116 cm³/mol. The molecule has 0 aromatic heterocycles. The smallest absolute Gasteiger partial charge is 0.259 e. The SMILES string of the molecule is CC.O=Cc1ccc2c(c1)N(Cc1cccc(Cl)c1)C(=O)c1ccccc1S2. The maximum Gasteiger partial charge on any atom is 0.259 e. The van der Waals surface area contributed by atoms with E-state index in [-0.39, 0.29) is 5.91 Å². The molecule has 28 heavy (non-hydrogen) atoms. The van der Waals surface area contributed by atoms with Gasteiger partial charge in [0.2, 0.25) is 0 Å². The highest BCUT2D eigenvalue weighted by molar-refractivity contribution is 7.99. The van der Waals surface area contributed by atoms with Crippen molar-refractivity contribution in [1.82, 2.24) is 0 Å². The molecule has 1 aliphatic rings. The molecular formula is C23H20ClNO2S. The predicted octanol–water partition coefficient (Wildman–Crippen LogP) is 6.49. The highest BCUT2D eigenvalue weighted by Gasteiger charge is 2.27. The Morgan fingerprint density at radius 3 is 2.50 bits per heavy atom. The molecule has 0 spiro atoms. The van der Waals surface area contributed by atoms with E-state index in [9.17, 15) is 9.59 Å². The van der Waals surface area contributed by atoms with Gasteiger partial charge in [0.15, 0.2) is 0 Å². The van der Waals surface area contributed by atoms with E-state index in [1.165, 1.54) is 11.8 Å². The lowest BCUT2D eigenvalue weighted by Gasteiger charge is -2.23. The quantitative estimate of drug-likeness (QED) is 0.464. The Kier molecular flexibility index (Phi) is 6.55. The van der Waals surface area contributed by atoms with Crippen LogP contribution >= 0.6 is 23.4 Å². The molecule has 1 amide bonds. The maximum absolute atomic E-state index is 13.3. The third-order valence-electron chi connectivity index (χ3n) is 4.22. The van der Waals surface area contributed by atoms with Crippen molar-refractivity contribution in [1.29, 1.82) is 0 Å². The van der Waals surface area contributed by atoms with E-state index < -0.39 is 0 Å². The summed E-state index contributed by atoms with van der Waals surface area (Å²) in [7, 11) is 0. The van der Waals surface area contributed by atoms with Crippen LogP contribution in [-0.4, -0.2) is 12.2 Å². The molecule has 4 rings (SSSR count). The number of amides is 1. The number of hydrogen-bond donors (Lipinski definition) is 0. The average molecular weight is 410 g/mol. The minimum atomic E-state index is -0.0881. The van der Waals surface area contributed by atoms with E-state index in [4.69, 9.17) is 11.6 Å². The monoisotopic (exact) mass is 409 g/mol. The van der Waals surface area contributed by atoms with Crippen LogP contribution in [0.3, 0.4) is 0 Å². The van der Waals surface area contributed by atoms with Crippen molar-refractivity contribution in [3.8, 4) is 0 Å². The standard InChI is InChI=1S/C21H14ClNO2S.C2H6/c22-16-5-3-4-14(10-16)12-23-18-11-15(13-24)8-9-20(18)26-19-7-2-1-6-17(19)21(23)25;1-2/h1-11,13H,12H2;1-2H3. The first-order valence-corrected chi connectivity index (χ1v) is 10.3. The van der Waals surface area contributed by atoms with Gasteiger partial charge in [0.25, 0.3) is 5.91 Å². The number of anilines is 1. The fourth-order valence-corrected chi connectivity index (χ4v) is 4.26. The molecule has 0 atom stereocenters. The van der Waals surface area contributed by atoms with Crippen LogP contribution in [0.2, 0.25) is 5.02 Å². The third-order valence-corrected chi connectivity index (χ3v) is 5.60. The van der Waals surface area contributed by atoms with Crippen LogP contribution in [0.4, 0.5) is 5.69 Å². The summed E-state index contributed by atoms with van der Waals surface area (Å²) >= 11 is 7.65. The number of benzene rings is 3. The average Bonchev–Trinajstić information content (AvgIpc) is 2.84. The number of aldehydes is 1. The van der Waals surface area contributed by atoms with Crippen LogP contribution in [-0.2, 0) is 6.54 Å². The number of nitrogens with zero attached hydrogens (tertiary/aromatic N) is 1. The first kappa shape index (κ1) is 20.2. The van der Waals surface area contributed by atoms with Gasteiger partial charge in [-0.1, -0.05) is 67.5 Å². The zero-order chi connectivity index (χ0) is 20.1. The molecule has 0 fully saturated rings. The zero-order valence-corrected chi connectivity index (χ0v) is 17.3.